The summed E-state index contributed by atoms with van der Waals surface area (Å²) in [6.45, 7) is 6.26. The van der Waals surface area contributed by atoms with Crippen molar-refractivity contribution in [1.29, 1.82) is 0 Å². The first-order chi connectivity index (χ1) is 16.3. The van der Waals surface area contributed by atoms with Gasteiger partial charge in [-0.25, -0.2) is 4.79 Å². The molecule has 1 heterocycles. The molecule has 1 atom stereocenters. The van der Waals surface area contributed by atoms with E-state index in [0.717, 1.165) is 38.9 Å². The van der Waals surface area contributed by atoms with Crippen molar-refractivity contribution in [3.63, 3.8) is 0 Å². The zero-order valence-electron chi connectivity index (χ0n) is 19.8. The third-order valence-electron chi connectivity index (χ3n) is 5.80. The molecule has 0 amide bonds. The lowest BCUT2D eigenvalue weighted by Gasteiger charge is -2.27. The van der Waals surface area contributed by atoms with Gasteiger partial charge >= 0.3 is 5.97 Å². The molecule has 1 aliphatic heterocycles. The molecule has 7 nitrogen and oxygen atoms in total. The number of carboxylic acid groups (broad SMARTS) is 1. The lowest BCUT2D eigenvalue weighted by molar-refractivity contribution is -0.145. The van der Waals surface area contributed by atoms with Crippen LogP contribution in [0.25, 0.3) is 0 Å². The van der Waals surface area contributed by atoms with Crippen molar-refractivity contribution < 1.29 is 34.0 Å². The molecule has 1 aliphatic rings. The maximum absolute atomic E-state index is 11.7. The lowest BCUT2D eigenvalue weighted by Crippen LogP contribution is -2.31. The third-order valence-corrected chi connectivity index (χ3v) is 6.60. The summed E-state index contributed by atoms with van der Waals surface area (Å²) in [5, 5.41) is 19.5. The minimum atomic E-state index is -0.944. The number of phenols is 1. The van der Waals surface area contributed by atoms with Crippen molar-refractivity contribution in [2.75, 3.05) is 13.2 Å². The molecule has 0 fully saturated rings. The van der Waals surface area contributed by atoms with Crippen LogP contribution in [0.5, 0.6) is 23.0 Å². The average molecular weight is 582 g/mol. The van der Waals surface area contributed by atoms with Crippen molar-refractivity contribution in [2.24, 2.45) is 0 Å². The van der Waals surface area contributed by atoms with Gasteiger partial charge in [0.2, 0.25) is 0 Å². The molecule has 0 aliphatic carbocycles. The summed E-state index contributed by atoms with van der Waals surface area (Å²) >= 11 is 2.26. The molecular weight excluding hydrogens is 551 g/mol. The predicted molar refractivity (Wildman–Crippen MR) is 137 cm³/mol. The van der Waals surface area contributed by atoms with Crippen LogP contribution in [0.1, 0.15) is 67.1 Å². The van der Waals surface area contributed by atoms with Crippen LogP contribution in [0.4, 0.5) is 0 Å². The van der Waals surface area contributed by atoms with Crippen LogP contribution < -0.4 is 14.2 Å². The van der Waals surface area contributed by atoms with Crippen molar-refractivity contribution in [3.05, 3.63) is 44.0 Å². The molecule has 2 aromatic rings. The lowest BCUT2D eigenvalue weighted by atomic mass is 9.96. The van der Waals surface area contributed by atoms with Crippen LogP contribution >= 0.6 is 22.6 Å². The molecule has 0 spiro atoms. The molecule has 0 saturated carbocycles. The van der Waals surface area contributed by atoms with Gasteiger partial charge in [-0.05, 0) is 78.5 Å². The molecule has 1 unspecified atom stereocenters. The Morgan fingerprint density at radius 3 is 2.56 bits per heavy atom. The number of aromatic hydroxyl groups is 1. The first-order valence-corrected chi connectivity index (χ1v) is 12.7. The number of ketones is 1. The highest BCUT2D eigenvalue weighted by atomic mass is 127. The van der Waals surface area contributed by atoms with Crippen LogP contribution in [0, 0.1) is 3.57 Å². The molecule has 0 saturated heterocycles. The smallest absolute Gasteiger partial charge is 0.344 e. The fraction of sp³-hybridized carbons (Fsp3) is 0.462. The van der Waals surface area contributed by atoms with E-state index >= 15 is 0 Å². The molecule has 8 heteroatoms. The molecule has 2 aromatic carbocycles. The number of hydrogen-bond donors (Lipinski definition) is 2. The van der Waals surface area contributed by atoms with Gasteiger partial charge in [0.1, 0.15) is 23.0 Å². The van der Waals surface area contributed by atoms with Crippen molar-refractivity contribution in [3.8, 4) is 23.0 Å². The number of aliphatic carboxylic acids is 1. The van der Waals surface area contributed by atoms with Crippen LogP contribution in [-0.2, 0) is 24.1 Å². The molecule has 3 rings (SSSR count). The highest BCUT2D eigenvalue weighted by Crippen LogP contribution is 2.41. The van der Waals surface area contributed by atoms with Gasteiger partial charge < -0.3 is 24.4 Å². The number of fused-ring (bicyclic) bond motifs is 1. The number of carbonyl (C=O) groups excluding carboxylic acids is 1. The van der Waals surface area contributed by atoms with Gasteiger partial charge in [0.15, 0.2) is 11.9 Å². The van der Waals surface area contributed by atoms with E-state index in [1.54, 1.807) is 6.07 Å². The van der Waals surface area contributed by atoms with Crippen LogP contribution in [0.15, 0.2) is 18.2 Å². The topological polar surface area (TPSA) is 102 Å². The zero-order valence-corrected chi connectivity index (χ0v) is 21.9. The number of phenolic OH excluding ortho intramolecular Hbond substituents is 1. The van der Waals surface area contributed by atoms with Crippen LogP contribution in [0.2, 0.25) is 0 Å². The SMILES string of the molecule is CCCc1c(OCCCOc2cc(O)c(C(C)=O)cc2CC)c(I)cc2c1OC(C(=O)O)CC2. The fourth-order valence-electron chi connectivity index (χ4n) is 4.07. The molecule has 2 N–H and O–H groups in total. The van der Waals surface area contributed by atoms with Gasteiger partial charge in [0, 0.05) is 18.1 Å². The van der Waals surface area contributed by atoms with E-state index in [4.69, 9.17) is 14.2 Å². The summed E-state index contributed by atoms with van der Waals surface area (Å²) in [7, 11) is 0. The second kappa shape index (κ2) is 11.8. The minimum absolute atomic E-state index is 0.0802. The Morgan fingerprint density at radius 2 is 1.91 bits per heavy atom. The number of carboxylic acids is 1. The second-order valence-electron chi connectivity index (χ2n) is 8.33. The molecule has 184 valence electrons. The molecular formula is C26H31IO7. The number of rotatable bonds is 11. The summed E-state index contributed by atoms with van der Waals surface area (Å²) in [6, 6.07) is 5.20. The first kappa shape index (κ1) is 26.1. The van der Waals surface area contributed by atoms with Gasteiger partial charge in [0.05, 0.1) is 22.3 Å². The zero-order chi connectivity index (χ0) is 24.8. The first-order valence-electron chi connectivity index (χ1n) is 11.6. The second-order valence-corrected chi connectivity index (χ2v) is 9.49. The van der Waals surface area contributed by atoms with Crippen molar-refractivity contribution in [2.45, 2.75) is 65.4 Å². The van der Waals surface area contributed by atoms with Crippen LogP contribution in [-0.4, -0.2) is 41.3 Å². The predicted octanol–water partition coefficient (Wildman–Crippen LogP) is 5.34. The number of halogens is 1. The summed E-state index contributed by atoms with van der Waals surface area (Å²) in [6.07, 6.45) is 3.20. The number of hydrogen-bond acceptors (Lipinski definition) is 6. The fourth-order valence-corrected chi connectivity index (χ4v) is 4.93. The van der Waals surface area contributed by atoms with E-state index < -0.39 is 12.1 Å². The highest BCUT2D eigenvalue weighted by Gasteiger charge is 2.30. The Balaban J connectivity index is 1.67. The number of ether oxygens (including phenoxy) is 3. The van der Waals surface area contributed by atoms with Gasteiger partial charge in [-0.2, -0.15) is 0 Å². The van der Waals surface area contributed by atoms with E-state index in [-0.39, 0.29) is 11.5 Å². The summed E-state index contributed by atoms with van der Waals surface area (Å²) in [5.41, 5.74) is 3.12. The third kappa shape index (κ3) is 5.95. The molecule has 0 aromatic heterocycles. The average Bonchev–Trinajstić information content (AvgIpc) is 2.79. The summed E-state index contributed by atoms with van der Waals surface area (Å²) < 4.78 is 18.9. The number of Topliss-reactive ketones (excluding diaryl/α,β-unsaturated/α-hetero) is 1. The van der Waals surface area contributed by atoms with Crippen LogP contribution in [0.3, 0.4) is 0 Å². The number of carbonyl (C=O) groups is 2. The van der Waals surface area contributed by atoms with E-state index in [0.29, 0.717) is 56.0 Å². The quantitative estimate of drug-likeness (QED) is 0.210. The number of aryl methyl sites for hydroxylation is 2. The summed E-state index contributed by atoms with van der Waals surface area (Å²) in [4.78, 5) is 23.1. The maximum Gasteiger partial charge on any atom is 0.344 e. The van der Waals surface area contributed by atoms with Crippen molar-refractivity contribution in [1.82, 2.24) is 0 Å². The molecule has 34 heavy (non-hydrogen) atoms. The summed E-state index contributed by atoms with van der Waals surface area (Å²) in [5.74, 6) is 0.746. The van der Waals surface area contributed by atoms with Gasteiger partial charge in [0.25, 0.3) is 0 Å². The van der Waals surface area contributed by atoms with E-state index in [1.165, 1.54) is 13.0 Å². The molecule has 0 radical (unpaired) electrons. The van der Waals surface area contributed by atoms with Crippen molar-refractivity contribution >= 4 is 34.3 Å². The highest BCUT2D eigenvalue weighted by molar-refractivity contribution is 14.1. The standard InChI is InChI=1S/C26H31IO7/c1-4-7-18-24-17(8-9-22(34-24)26(30)31)13-20(27)25(18)33-11-6-10-32-23-14-21(29)19(15(3)28)12-16(23)5-2/h12-14,22,29H,4-11H2,1-3H3,(H,30,31). The minimum Gasteiger partial charge on any atom is -0.507 e. The number of benzene rings is 2. The Bertz CT molecular complexity index is 1060. The normalized spacial score (nSPS) is 14.8. The van der Waals surface area contributed by atoms with E-state index in [1.807, 2.05) is 13.0 Å². The van der Waals surface area contributed by atoms with Gasteiger partial charge in [-0.3, -0.25) is 4.79 Å². The van der Waals surface area contributed by atoms with Gasteiger partial charge in [-0.1, -0.05) is 20.3 Å². The Labute approximate surface area is 213 Å². The maximum atomic E-state index is 11.7. The van der Waals surface area contributed by atoms with Gasteiger partial charge in [-0.15, -0.1) is 0 Å². The van der Waals surface area contributed by atoms with E-state index in [9.17, 15) is 19.8 Å². The largest absolute Gasteiger partial charge is 0.507 e. The Kier molecular flexibility index (Phi) is 9.04. The monoisotopic (exact) mass is 582 g/mol. The Morgan fingerprint density at radius 1 is 1.18 bits per heavy atom. The Hall–Kier alpha value is -2.49. The van der Waals surface area contributed by atoms with E-state index in [2.05, 4.69) is 29.5 Å². The molecule has 0 bridgehead atoms.